The lowest BCUT2D eigenvalue weighted by molar-refractivity contribution is -0.428. The number of aromatic nitrogens is 1. The van der Waals surface area contributed by atoms with Crippen molar-refractivity contribution in [2.24, 2.45) is 0 Å². The Morgan fingerprint density at radius 1 is 1.30 bits per heavy atom. The summed E-state index contributed by atoms with van der Waals surface area (Å²) in [4.78, 5) is 13.8. The van der Waals surface area contributed by atoms with Crippen molar-refractivity contribution in [2.75, 3.05) is 6.54 Å². The van der Waals surface area contributed by atoms with Gasteiger partial charge in [-0.3, -0.25) is 10.1 Å². The number of nitro groups is 1. The Hall–Kier alpha value is -2.56. The molecule has 120 valence electrons. The maximum atomic E-state index is 10.7. The van der Waals surface area contributed by atoms with Gasteiger partial charge in [0.15, 0.2) is 0 Å². The third-order valence-corrected chi connectivity index (χ3v) is 4.36. The van der Waals surface area contributed by atoms with Crippen LogP contribution in [-0.4, -0.2) is 16.5 Å². The third-order valence-electron chi connectivity index (χ3n) is 4.36. The SMILES string of the molecule is CC1=c2[nH]cc(CCNC3=CC=C([N+](=O)[O-])CC3)c2=CC=CC1. The summed E-state index contributed by atoms with van der Waals surface area (Å²) in [6.45, 7) is 2.99. The van der Waals surface area contributed by atoms with Crippen LogP contribution >= 0.6 is 0 Å². The number of fused-ring (bicyclic) bond motifs is 1. The summed E-state index contributed by atoms with van der Waals surface area (Å²) in [6.07, 6.45) is 15.1. The average Bonchev–Trinajstić information content (AvgIpc) is 2.85. The Labute approximate surface area is 134 Å². The summed E-state index contributed by atoms with van der Waals surface area (Å²) < 4.78 is 0. The first-order valence-electron chi connectivity index (χ1n) is 7.96. The van der Waals surface area contributed by atoms with Crippen LogP contribution in [0.5, 0.6) is 0 Å². The molecule has 5 nitrogen and oxygen atoms in total. The zero-order valence-electron chi connectivity index (χ0n) is 13.3. The lowest BCUT2D eigenvalue weighted by Crippen LogP contribution is -2.28. The molecule has 23 heavy (non-hydrogen) atoms. The highest BCUT2D eigenvalue weighted by atomic mass is 16.6. The fourth-order valence-corrected chi connectivity index (χ4v) is 3.02. The van der Waals surface area contributed by atoms with E-state index in [1.165, 1.54) is 21.7 Å². The fourth-order valence-electron chi connectivity index (χ4n) is 3.02. The molecule has 5 heteroatoms. The molecule has 0 aromatic carbocycles. The zero-order chi connectivity index (χ0) is 16.2. The number of rotatable bonds is 5. The van der Waals surface area contributed by atoms with Gasteiger partial charge in [0.25, 0.3) is 0 Å². The van der Waals surface area contributed by atoms with Crippen LogP contribution < -0.4 is 15.9 Å². The Bertz CT molecular complexity index is 825. The normalized spacial score (nSPS) is 16.8. The van der Waals surface area contributed by atoms with E-state index in [1.807, 2.05) is 6.08 Å². The summed E-state index contributed by atoms with van der Waals surface area (Å²) in [5.41, 5.74) is 4.02. The molecule has 0 amide bonds. The molecule has 0 atom stereocenters. The highest BCUT2D eigenvalue weighted by molar-refractivity contribution is 5.52. The van der Waals surface area contributed by atoms with Crippen LogP contribution in [-0.2, 0) is 6.42 Å². The second-order valence-corrected chi connectivity index (χ2v) is 5.97. The van der Waals surface area contributed by atoms with Crippen molar-refractivity contribution in [1.29, 1.82) is 0 Å². The molecular formula is C18H21N3O2. The number of nitrogens with one attached hydrogen (secondary N) is 2. The molecule has 2 aliphatic carbocycles. The van der Waals surface area contributed by atoms with Crippen molar-refractivity contribution in [3.8, 4) is 0 Å². The first kappa shape index (κ1) is 15.3. The van der Waals surface area contributed by atoms with Crippen LogP contribution in [0.3, 0.4) is 0 Å². The quantitative estimate of drug-likeness (QED) is 0.644. The summed E-state index contributed by atoms with van der Waals surface area (Å²) in [6, 6.07) is 0. The van der Waals surface area contributed by atoms with Crippen molar-refractivity contribution in [3.63, 3.8) is 0 Å². The van der Waals surface area contributed by atoms with Crippen LogP contribution in [0, 0.1) is 10.1 Å². The van der Waals surface area contributed by atoms with Crippen molar-refractivity contribution in [3.05, 3.63) is 68.1 Å². The zero-order valence-corrected chi connectivity index (χ0v) is 13.3. The first-order chi connectivity index (χ1) is 11.1. The van der Waals surface area contributed by atoms with Gasteiger partial charge in [0.1, 0.15) is 0 Å². The third kappa shape index (κ3) is 3.44. The molecule has 0 saturated carbocycles. The average molecular weight is 311 g/mol. The Morgan fingerprint density at radius 2 is 2.17 bits per heavy atom. The van der Waals surface area contributed by atoms with Crippen LogP contribution in [0.4, 0.5) is 0 Å². The van der Waals surface area contributed by atoms with Gasteiger partial charge in [-0.2, -0.15) is 0 Å². The van der Waals surface area contributed by atoms with Crippen LogP contribution in [0.25, 0.3) is 11.6 Å². The first-order valence-corrected chi connectivity index (χ1v) is 7.96. The lowest BCUT2D eigenvalue weighted by Gasteiger charge is -2.12. The van der Waals surface area contributed by atoms with Gasteiger partial charge in [-0.05, 0) is 43.4 Å². The number of hydrogen-bond donors (Lipinski definition) is 2. The summed E-state index contributed by atoms with van der Waals surface area (Å²) in [5, 5.41) is 16.6. The summed E-state index contributed by atoms with van der Waals surface area (Å²) >= 11 is 0. The molecule has 1 aromatic heterocycles. The van der Waals surface area contributed by atoms with E-state index in [-0.39, 0.29) is 4.92 Å². The van der Waals surface area contributed by atoms with Gasteiger partial charge in [0.2, 0.25) is 5.70 Å². The van der Waals surface area contributed by atoms with E-state index < -0.39 is 0 Å². The fraction of sp³-hybridized carbons (Fsp3) is 0.333. The summed E-state index contributed by atoms with van der Waals surface area (Å²) in [5.74, 6) is 0. The second-order valence-electron chi connectivity index (χ2n) is 5.97. The highest BCUT2D eigenvalue weighted by Crippen LogP contribution is 2.16. The van der Waals surface area contributed by atoms with Crippen LogP contribution in [0.2, 0.25) is 0 Å². The number of aromatic amines is 1. The van der Waals surface area contributed by atoms with E-state index in [1.54, 1.807) is 6.08 Å². The molecule has 0 radical (unpaired) electrons. The van der Waals surface area contributed by atoms with Gasteiger partial charge in [0, 0.05) is 41.5 Å². The van der Waals surface area contributed by atoms with E-state index in [4.69, 9.17) is 0 Å². The van der Waals surface area contributed by atoms with Gasteiger partial charge in [-0.25, -0.2) is 0 Å². The standard InChI is InChI=1S/C18H21N3O2/c1-13-4-2-3-5-17-14(12-20-18(13)17)10-11-19-15-6-8-16(9-7-15)21(22)23/h2-3,5-6,8,12,19-20H,4,7,9-11H2,1H3. The molecule has 0 unspecified atom stereocenters. The van der Waals surface area contributed by atoms with Crippen LogP contribution in [0.15, 0.2) is 41.9 Å². The van der Waals surface area contributed by atoms with Gasteiger partial charge in [0.05, 0.1) is 4.92 Å². The minimum absolute atomic E-state index is 0.291. The lowest BCUT2D eigenvalue weighted by atomic mass is 10.1. The molecule has 0 spiro atoms. The molecule has 1 aromatic rings. The minimum atomic E-state index is -0.301. The molecule has 0 saturated heterocycles. The van der Waals surface area contributed by atoms with E-state index in [0.717, 1.165) is 25.1 Å². The predicted molar refractivity (Wildman–Crippen MR) is 91.4 cm³/mol. The molecule has 0 aliphatic heterocycles. The van der Waals surface area contributed by atoms with Crippen LogP contribution in [0.1, 0.15) is 31.7 Å². The maximum Gasteiger partial charge on any atom is 0.246 e. The van der Waals surface area contributed by atoms with Gasteiger partial charge in [-0.15, -0.1) is 0 Å². The second kappa shape index (κ2) is 6.69. The summed E-state index contributed by atoms with van der Waals surface area (Å²) in [7, 11) is 0. The number of hydrogen-bond acceptors (Lipinski definition) is 3. The van der Waals surface area contributed by atoms with Gasteiger partial charge < -0.3 is 10.3 Å². The minimum Gasteiger partial charge on any atom is -0.388 e. The van der Waals surface area contributed by atoms with Crippen molar-refractivity contribution in [1.82, 2.24) is 10.3 Å². The van der Waals surface area contributed by atoms with Gasteiger partial charge >= 0.3 is 0 Å². The molecular weight excluding hydrogens is 290 g/mol. The number of nitrogens with zero attached hydrogens (tertiary/aromatic N) is 1. The maximum absolute atomic E-state index is 10.7. The van der Waals surface area contributed by atoms with Crippen molar-refractivity contribution in [2.45, 2.75) is 32.6 Å². The number of H-pyrrole nitrogens is 1. The van der Waals surface area contributed by atoms with E-state index in [2.05, 4.69) is 41.6 Å². The van der Waals surface area contributed by atoms with Gasteiger partial charge in [-0.1, -0.05) is 18.2 Å². The molecule has 3 rings (SSSR count). The topological polar surface area (TPSA) is 71.0 Å². The molecule has 2 N–H and O–H groups in total. The van der Waals surface area contributed by atoms with E-state index >= 15 is 0 Å². The predicted octanol–water partition coefficient (Wildman–Crippen LogP) is 1.90. The Morgan fingerprint density at radius 3 is 2.91 bits per heavy atom. The highest BCUT2D eigenvalue weighted by Gasteiger charge is 2.14. The largest absolute Gasteiger partial charge is 0.388 e. The molecule has 2 aliphatic rings. The van der Waals surface area contributed by atoms with E-state index in [0.29, 0.717) is 18.5 Å². The molecule has 0 bridgehead atoms. The number of allylic oxidation sites excluding steroid dienone is 6. The monoisotopic (exact) mass is 311 g/mol. The van der Waals surface area contributed by atoms with Crippen molar-refractivity contribution < 1.29 is 4.92 Å². The Balaban J connectivity index is 1.65. The molecule has 0 fully saturated rings. The molecule has 1 heterocycles. The smallest absolute Gasteiger partial charge is 0.246 e. The van der Waals surface area contributed by atoms with E-state index in [9.17, 15) is 10.1 Å². The Kier molecular flexibility index (Phi) is 4.46. The van der Waals surface area contributed by atoms with Crippen molar-refractivity contribution >= 4 is 11.6 Å².